The van der Waals surface area contributed by atoms with Crippen LogP contribution in [-0.2, 0) is 19.1 Å². The summed E-state index contributed by atoms with van der Waals surface area (Å²) in [6, 6.07) is -0.845. The molecule has 92 valence electrons. The second-order valence-electron chi connectivity index (χ2n) is 3.13. The smallest absolute Gasteiger partial charge is 0.325 e. The van der Waals surface area contributed by atoms with Crippen molar-refractivity contribution in [1.82, 2.24) is 5.32 Å². The van der Waals surface area contributed by atoms with E-state index in [9.17, 15) is 14.4 Å². The van der Waals surface area contributed by atoms with Gasteiger partial charge in [0, 0.05) is 6.42 Å². The van der Waals surface area contributed by atoms with Crippen LogP contribution >= 0.6 is 0 Å². The number of carbonyl (C=O) groups excluding carboxylic acids is 3. The Hall–Kier alpha value is -1.63. The predicted molar refractivity (Wildman–Crippen MR) is 56.0 cm³/mol. The van der Waals surface area contributed by atoms with Crippen LogP contribution in [0.5, 0.6) is 0 Å². The van der Waals surface area contributed by atoms with Crippen LogP contribution < -0.4 is 16.8 Å². The van der Waals surface area contributed by atoms with Gasteiger partial charge in [-0.1, -0.05) is 0 Å². The number of rotatable bonds is 7. The predicted octanol–water partition coefficient (Wildman–Crippen LogP) is -1.74. The SMILES string of the molecule is CCOC(=O)CNC(=O)C(N)CCC(N)=O. The van der Waals surface area contributed by atoms with Crippen LogP contribution in [0.3, 0.4) is 0 Å². The average Bonchev–Trinajstić information content (AvgIpc) is 2.22. The van der Waals surface area contributed by atoms with Gasteiger partial charge in [0.05, 0.1) is 12.6 Å². The number of primary amides is 1. The fourth-order valence-corrected chi connectivity index (χ4v) is 0.931. The minimum absolute atomic E-state index is 0.0357. The highest BCUT2D eigenvalue weighted by atomic mass is 16.5. The van der Waals surface area contributed by atoms with Crippen molar-refractivity contribution in [3.63, 3.8) is 0 Å². The zero-order valence-electron chi connectivity index (χ0n) is 9.19. The van der Waals surface area contributed by atoms with Gasteiger partial charge >= 0.3 is 5.97 Å². The van der Waals surface area contributed by atoms with E-state index in [1.54, 1.807) is 6.92 Å². The van der Waals surface area contributed by atoms with E-state index in [1.807, 2.05) is 0 Å². The summed E-state index contributed by atoms with van der Waals surface area (Å²) in [5, 5.41) is 2.30. The summed E-state index contributed by atoms with van der Waals surface area (Å²) in [5.74, 6) is -1.55. The Balaban J connectivity index is 3.78. The lowest BCUT2D eigenvalue weighted by atomic mass is 10.1. The summed E-state index contributed by atoms with van der Waals surface area (Å²) in [5.41, 5.74) is 10.4. The molecule has 0 radical (unpaired) electrons. The van der Waals surface area contributed by atoms with Gasteiger partial charge in [0.1, 0.15) is 6.54 Å². The molecule has 5 N–H and O–H groups in total. The lowest BCUT2D eigenvalue weighted by Crippen LogP contribution is -2.43. The minimum atomic E-state index is -0.845. The molecule has 0 saturated carbocycles. The maximum absolute atomic E-state index is 11.3. The van der Waals surface area contributed by atoms with Crippen LogP contribution in [0, 0.1) is 0 Å². The second-order valence-corrected chi connectivity index (χ2v) is 3.13. The van der Waals surface area contributed by atoms with Crippen molar-refractivity contribution in [2.45, 2.75) is 25.8 Å². The summed E-state index contributed by atoms with van der Waals surface area (Å²) in [7, 11) is 0. The first-order valence-corrected chi connectivity index (χ1v) is 4.94. The second kappa shape index (κ2) is 7.63. The van der Waals surface area contributed by atoms with Gasteiger partial charge in [0.15, 0.2) is 0 Å². The fourth-order valence-electron chi connectivity index (χ4n) is 0.931. The van der Waals surface area contributed by atoms with Crippen molar-refractivity contribution in [2.24, 2.45) is 11.5 Å². The molecule has 0 aromatic rings. The van der Waals surface area contributed by atoms with E-state index in [2.05, 4.69) is 10.1 Å². The molecule has 2 amide bonds. The third-order valence-corrected chi connectivity index (χ3v) is 1.75. The first kappa shape index (κ1) is 14.4. The van der Waals surface area contributed by atoms with Crippen LogP contribution in [0.2, 0.25) is 0 Å². The number of ether oxygens (including phenoxy) is 1. The monoisotopic (exact) mass is 231 g/mol. The van der Waals surface area contributed by atoms with Gasteiger partial charge in [0.2, 0.25) is 11.8 Å². The third kappa shape index (κ3) is 6.77. The molecule has 16 heavy (non-hydrogen) atoms. The van der Waals surface area contributed by atoms with Crippen molar-refractivity contribution in [1.29, 1.82) is 0 Å². The van der Waals surface area contributed by atoms with Crippen molar-refractivity contribution in [3.8, 4) is 0 Å². The Kier molecular flexibility index (Phi) is 6.86. The van der Waals surface area contributed by atoms with Gasteiger partial charge in [-0.05, 0) is 13.3 Å². The standard InChI is InChI=1S/C9H17N3O4/c1-2-16-8(14)5-12-9(15)6(10)3-4-7(11)13/h6H,2-5,10H2,1H3,(H2,11,13)(H,12,15). The maximum Gasteiger partial charge on any atom is 0.325 e. The lowest BCUT2D eigenvalue weighted by Gasteiger charge is -2.10. The molecule has 0 rings (SSSR count). The molecule has 7 heteroatoms. The number of nitrogens with two attached hydrogens (primary N) is 2. The fraction of sp³-hybridized carbons (Fsp3) is 0.667. The molecule has 0 spiro atoms. The van der Waals surface area contributed by atoms with Crippen molar-refractivity contribution >= 4 is 17.8 Å². The van der Waals surface area contributed by atoms with Crippen molar-refractivity contribution in [3.05, 3.63) is 0 Å². The van der Waals surface area contributed by atoms with Crippen LogP contribution in [0.4, 0.5) is 0 Å². The first-order valence-electron chi connectivity index (χ1n) is 4.94. The largest absolute Gasteiger partial charge is 0.465 e. The van der Waals surface area contributed by atoms with E-state index in [-0.39, 0.29) is 26.0 Å². The summed E-state index contributed by atoms with van der Waals surface area (Å²) >= 11 is 0. The molecule has 0 aromatic heterocycles. The summed E-state index contributed by atoms with van der Waals surface area (Å²) in [4.78, 5) is 32.6. The van der Waals surface area contributed by atoms with Gasteiger partial charge in [-0.15, -0.1) is 0 Å². The van der Waals surface area contributed by atoms with Gasteiger partial charge in [-0.3, -0.25) is 14.4 Å². The Morgan fingerprint density at radius 1 is 1.38 bits per heavy atom. The highest BCUT2D eigenvalue weighted by Crippen LogP contribution is 1.93. The lowest BCUT2D eigenvalue weighted by molar-refractivity contribution is -0.143. The van der Waals surface area contributed by atoms with E-state index in [0.29, 0.717) is 0 Å². The normalized spacial score (nSPS) is 11.6. The summed E-state index contributed by atoms with van der Waals surface area (Å²) in [6.07, 6.45) is 0.192. The molecule has 0 fully saturated rings. The minimum Gasteiger partial charge on any atom is -0.465 e. The number of carbonyl (C=O) groups is 3. The Bertz CT molecular complexity index is 267. The Morgan fingerprint density at radius 3 is 2.50 bits per heavy atom. The topological polar surface area (TPSA) is 125 Å². The van der Waals surface area contributed by atoms with E-state index in [4.69, 9.17) is 11.5 Å². The van der Waals surface area contributed by atoms with E-state index < -0.39 is 23.8 Å². The zero-order valence-corrected chi connectivity index (χ0v) is 9.19. The van der Waals surface area contributed by atoms with Crippen LogP contribution in [0.1, 0.15) is 19.8 Å². The maximum atomic E-state index is 11.3. The molecule has 0 aromatic carbocycles. The van der Waals surface area contributed by atoms with E-state index in [0.717, 1.165) is 0 Å². The third-order valence-electron chi connectivity index (χ3n) is 1.75. The number of hydrogen-bond acceptors (Lipinski definition) is 5. The molecule has 7 nitrogen and oxygen atoms in total. The highest BCUT2D eigenvalue weighted by Gasteiger charge is 2.15. The molecular weight excluding hydrogens is 214 g/mol. The first-order chi connectivity index (χ1) is 7.47. The van der Waals surface area contributed by atoms with Gasteiger partial charge in [-0.25, -0.2) is 0 Å². The van der Waals surface area contributed by atoms with E-state index >= 15 is 0 Å². The highest BCUT2D eigenvalue weighted by molar-refractivity contribution is 5.86. The molecule has 0 saturated heterocycles. The van der Waals surface area contributed by atoms with Gasteiger partial charge < -0.3 is 21.5 Å². The van der Waals surface area contributed by atoms with Crippen molar-refractivity contribution in [2.75, 3.05) is 13.2 Å². The molecule has 1 atom stereocenters. The number of amides is 2. The zero-order chi connectivity index (χ0) is 12.6. The molecule has 0 aliphatic rings. The van der Waals surface area contributed by atoms with Gasteiger partial charge in [0.25, 0.3) is 0 Å². The summed E-state index contributed by atoms with van der Waals surface area (Å²) in [6.45, 7) is 1.69. The molecule has 0 aliphatic carbocycles. The van der Waals surface area contributed by atoms with Crippen LogP contribution in [-0.4, -0.2) is 37.0 Å². The van der Waals surface area contributed by atoms with Crippen LogP contribution in [0.25, 0.3) is 0 Å². The Labute approximate surface area is 93.5 Å². The average molecular weight is 231 g/mol. The van der Waals surface area contributed by atoms with Crippen LogP contribution in [0.15, 0.2) is 0 Å². The number of esters is 1. The Morgan fingerprint density at radius 2 is 2.00 bits per heavy atom. The number of nitrogens with one attached hydrogen (secondary N) is 1. The van der Waals surface area contributed by atoms with E-state index in [1.165, 1.54) is 0 Å². The molecule has 1 unspecified atom stereocenters. The molecule has 0 aliphatic heterocycles. The van der Waals surface area contributed by atoms with Gasteiger partial charge in [-0.2, -0.15) is 0 Å². The molecular formula is C9H17N3O4. The van der Waals surface area contributed by atoms with Crippen molar-refractivity contribution < 1.29 is 19.1 Å². The molecule has 0 bridgehead atoms. The quantitative estimate of drug-likeness (QED) is 0.448. The summed E-state index contributed by atoms with van der Waals surface area (Å²) < 4.78 is 4.60. The number of hydrogen-bond donors (Lipinski definition) is 3. The molecule has 0 heterocycles.